The number of fused-ring (bicyclic) bond motifs is 1. The molecule has 0 bridgehead atoms. The number of aromatic nitrogens is 1. The third-order valence-electron chi connectivity index (χ3n) is 6.64. The van der Waals surface area contributed by atoms with E-state index in [2.05, 4.69) is 39.0 Å². The van der Waals surface area contributed by atoms with Crippen LogP contribution in [0.1, 0.15) is 24.8 Å². The Labute approximate surface area is 184 Å². The number of nitrogens with zero attached hydrogens (tertiary/aromatic N) is 4. The summed E-state index contributed by atoms with van der Waals surface area (Å²) in [5.74, 6) is 0.815. The van der Waals surface area contributed by atoms with E-state index in [9.17, 15) is 8.42 Å². The molecule has 2 aromatic rings. The van der Waals surface area contributed by atoms with Gasteiger partial charge in [0.1, 0.15) is 10.7 Å². The monoisotopic (exact) mass is 442 g/mol. The molecule has 0 N–H and O–H groups in total. The van der Waals surface area contributed by atoms with Gasteiger partial charge in [0.15, 0.2) is 0 Å². The van der Waals surface area contributed by atoms with E-state index in [1.807, 2.05) is 12.1 Å². The maximum absolute atomic E-state index is 12.9. The highest BCUT2D eigenvalue weighted by molar-refractivity contribution is 7.89. The third kappa shape index (κ3) is 4.35. The van der Waals surface area contributed by atoms with Crippen molar-refractivity contribution in [2.75, 3.05) is 44.2 Å². The van der Waals surface area contributed by atoms with Gasteiger partial charge in [0.05, 0.1) is 18.8 Å². The molecule has 1 aromatic carbocycles. The number of piperidine rings is 1. The molecule has 0 amide bonds. The first-order valence-electron chi connectivity index (χ1n) is 11.2. The van der Waals surface area contributed by atoms with E-state index in [1.165, 1.54) is 11.8 Å². The van der Waals surface area contributed by atoms with Crippen LogP contribution >= 0.6 is 0 Å². The lowest BCUT2D eigenvalue weighted by Crippen LogP contribution is -2.50. The highest BCUT2D eigenvalue weighted by Gasteiger charge is 2.40. The summed E-state index contributed by atoms with van der Waals surface area (Å²) in [6.07, 6.45) is 4.63. The zero-order valence-corrected chi connectivity index (χ0v) is 18.6. The van der Waals surface area contributed by atoms with Gasteiger partial charge in [-0.05, 0) is 30.5 Å². The molecule has 3 aliphatic heterocycles. The molecule has 3 fully saturated rings. The van der Waals surface area contributed by atoms with Gasteiger partial charge in [-0.25, -0.2) is 13.4 Å². The Bertz CT molecular complexity index is 978. The second-order valence-corrected chi connectivity index (χ2v) is 10.6. The van der Waals surface area contributed by atoms with Crippen LogP contribution in [0.2, 0.25) is 0 Å². The molecule has 1 aromatic heterocycles. The van der Waals surface area contributed by atoms with Crippen LogP contribution in [0.4, 0.5) is 5.82 Å². The molecular weight excluding hydrogens is 412 g/mol. The molecule has 2 atom stereocenters. The molecule has 0 spiro atoms. The topological polar surface area (TPSA) is 66.0 Å². The van der Waals surface area contributed by atoms with Crippen LogP contribution in [0.3, 0.4) is 0 Å². The van der Waals surface area contributed by atoms with E-state index in [1.54, 1.807) is 10.4 Å². The Morgan fingerprint density at radius 1 is 0.968 bits per heavy atom. The Balaban J connectivity index is 1.28. The van der Waals surface area contributed by atoms with Gasteiger partial charge >= 0.3 is 0 Å². The highest BCUT2D eigenvalue weighted by atomic mass is 32.2. The number of hydrogen-bond donors (Lipinski definition) is 0. The number of pyridine rings is 1. The largest absolute Gasteiger partial charge is 0.373 e. The molecule has 2 unspecified atom stereocenters. The summed E-state index contributed by atoms with van der Waals surface area (Å²) >= 11 is 0. The van der Waals surface area contributed by atoms with Gasteiger partial charge in [-0.1, -0.05) is 36.8 Å². The minimum atomic E-state index is -3.45. The Kier molecular flexibility index (Phi) is 5.97. The second-order valence-electron chi connectivity index (χ2n) is 8.65. The Morgan fingerprint density at radius 3 is 2.52 bits per heavy atom. The number of morpholine rings is 1. The third-order valence-corrected chi connectivity index (χ3v) is 8.52. The van der Waals surface area contributed by atoms with Crippen LogP contribution in [-0.2, 0) is 21.3 Å². The van der Waals surface area contributed by atoms with Gasteiger partial charge in [0, 0.05) is 45.5 Å². The standard InChI is InChI=1S/C23H30N4O3S/c28-31(29,27-11-5-2-6-12-27)20-9-10-23(24-15-20)26-17-21-22(18-26)30-14-13-25(21)16-19-7-3-1-4-8-19/h1,3-4,7-10,15,21-22H,2,5-6,11-14,16-18H2. The van der Waals surface area contributed by atoms with Crippen molar-refractivity contribution in [3.63, 3.8) is 0 Å². The zero-order valence-electron chi connectivity index (χ0n) is 17.8. The fourth-order valence-corrected chi connectivity index (χ4v) is 6.39. The molecule has 4 heterocycles. The summed E-state index contributed by atoms with van der Waals surface area (Å²) in [6.45, 7) is 5.40. The SMILES string of the molecule is O=S(=O)(c1ccc(N2CC3OCCN(Cc4ccccc4)C3C2)nc1)N1CCCCC1. The molecule has 0 radical (unpaired) electrons. The van der Waals surface area contributed by atoms with Crippen LogP contribution in [0.15, 0.2) is 53.6 Å². The van der Waals surface area contributed by atoms with Crippen molar-refractivity contribution >= 4 is 15.8 Å². The molecule has 0 aliphatic carbocycles. The van der Waals surface area contributed by atoms with Gasteiger partial charge < -0.3 is 9.64 Å². The molecule has 3 aliphatic rings. The van der Waals surface area contributed by atoms with Gasteiger partial charge in [0.2, 0.25) is 10.0 Å². The molecule has 31 heavy (non-hydrogen) atoms. The minimum absolute atomic E-state index is 0.149. The number of sulfonamides is 1. The molecule has 3 saturated heterocycles. The maximum Gasteiger partial charge on any atom is 0.244 e. The lowest BCUT2D eigenvalue weighted by Gasteiger charge is -2.36. The quantitative estimate of drug-likeness (QED) is 0.708. The molecule has 166 valence electrons. The molecule has 5 rings (SSSR count). The second kappa shape index (κ2) is 8.86. The van der Waals surface area contributed by atoms with Crippen LogP contribution in [0.25, 0.3) is 0 Å². The van der Waals surface area contributed by atoms with Crippen molar-refractivity contribution in [2.24, 2.45) is 0 Å². The summed E-state index contributed by atoms with van der Waals surface area (Å²) in [5, 5.41) is 0. The summed E-state index contributed by atoms with van der Waals surface area (Å²) in [7, 11) is -3.45. The first kappa shape index (κ1) is 20.9. The van der Waals surface area contributed by atoms with Crippen LogP contribution in [0, 0.1) is 0 Å². The molecule has 8 heteroatoms. The van der Waals surface area contributed by atoms with E-state index in [0.717, 1.165) is 57.9 Å². The van der Waals surface area contributed by atoms with Crippen molar-refractivity contribution in [3.8, 4) is 0 Å². The summed E-state index contributed by atoms with van der Waals surface area (Å²) < 4.78 is 33.4. The summed E-state index contributed by atoms with van der Waals surface area (Å²) in [5.41, 5.74) is 1.31. The number of hydrogen-bond acceptors (Lipinski definition) is 6. The average molecular weight is 443 g/mol. The van der Waals surface area contributed by atoms with Gasteiger partial charge in [-0.15, -0.1) is 0 Å². The number of rotatable bonds is 5. The summed E-state index contributed by atoms with van der Waals surface area (Å²) in [4.78, 5) is 9.54. The van der Waals surface area contributed by atoms with E-state index in [0.29, 0.717) is 19.1 Å². The van der Waals surface area contributed by atoms with E-state index in [-0.39, 0.29) is 11.0 Å². The zero-order chi connectivity index (χ0) is 21.3. The highest BCUT2D eigenvalue weighted by Crippen LogP contribution is 2.28. The predicted molar refractivity (Wildman–Crippen MR) is 119 cm³/mol. The van der Waals surface area contributed by atoms with Crippen molar-refractivity contribution in [2.45, 2.75) is 42.8 Å². The van der Waals surface area contributed by atoms with Crippen molar-refractivity contribution in [1.29, 1.82) is 0 Å². The molecule has 0 saturated carbocycles. The van der Waals surface area contributed by atoms with Crippen molar-refractivity contribution in [3.05, 3.63) is 54.2 Å². The number of ether oxygens (including phenoxy) is 1. The Hall–Kier alpha value is -2.00. The van der Waals surface area contributed by atoms with Crippen molar-refractivity contribution in [1.82, 2.24) is 14.2 Å². The van der Waals surface area contributed by atoms with Crippen LogP contribution in [-0.4, -0.2) is 74.1 Å². The van der Waals surface area contributed by atoms with Crippen molar-refractivity contribution < 1.29 is 13.2 Å². The van der Waals surface area contributed by atoms with Gasteiger partial charge in [-0.3, -0.25) is 4.90 Å². The first-order chi connectivity index (χ1) is 15.1. The maximum atomic E-state index is 12.9. The normalized spacial score (nSPS) is 25.5. The van der Waals surface area contributed by atoms with Crippen LogP contribution < -0.4 is 4.90 Å². The van der Waals surface area contributed by atoms with Crippen LogP contribution in [0.5, 0.6) is 0 Å². The van der Waals surface area contributed by atoms with E-state index >= 15 is 0 Å². The predicted octanol–water partition coefficient (Wildman–Crippen LogP) is 2.35. The number of benzene rings is 1. The van der Waals surface area contributed by atoms with Gasteiger partial charge in [-0.2, -0.15) is 4.31 Å². The fraction of sp³-hybridized carbons (Fsp3) is 0.522. The fourth-order valence-electron chi connectivity index (χ4n) is 4.93. The minimum Gasteiger partial charge on any atom is -0.373 e. The summed E-state index contributed by atoms with van der Waals surface area (Å²) in [6, 6.07) is 14.4. The average Bonchev–Trinajstić information content (AvgIpc) is 3.26. The first-order valence-corrected chi connectivity index (χ1v) is 12.7. The smallest absolute Gasteiger partial charge is 0.244 e. The van der Waals surface area contributed by atoms with E-state index < -0.39 is 10.0 Å². The molecular formula is C23H30N4O3S. The Morgan fingerprint density at radius 2 is 1.77 bits per heavy atom. The lowest BCUT2D eigenvalue weighted by atomic mass is 10.1. The number of anilines is 1. The molecule has 7 nitrogen and oxygen atoms in total. The lowest BCUT2D eigenvalue weighted by molar-refractivity contribution is -0.0499. The van der Waals surface area contributed by atoms with Gasteiger partial charge in [0.25, 0.3) is 0 Å². The van der Waals surface area contributed by atoms with E-state index in [4.69, 9.17) is 4.74 Å².